The minimum atomic E-state index is -0.227. The van der Waals surface area contributed by atoms with Gasteiger partial charge in [0.2, 0.25) is 5.75 Å². The fourth-order valence-corrected chi connectivity index (χ4v) is 2.37. The first kappa shape index (κ1) is 10.6. The number of nitrogens with one attached hydrogen (secondary N) is 2. The largest absolute Gasteiger partial charge is 0.489 e. The zero-order valence-electron chi connectivity index (χ0n) is 9.90. The SMILES string of the molecule is COc1c(NC(C2CC2)C2CC2)nc[nH]c1=O. The van der Waals surface area contributed by atoms with Gasteiger partial charge < -0.3 is 15.0 Å². The van der Waals surface area contributed by atoms with Crippen LogP contribution in [0.4, 0.5) is 5.82 Å². The highest BCUT2D eigenvalue weighted by molar-refractivity contribution is 5.49. The highest BCUT2D eigenvalue weighted by Gasteiger charge is 2.42. The van der Waals surface area contributed by atoms with Gasteiger partial charge in [-0.1, -0.05) is 0 Å². The molecule has 0 unspecified atom stereocenters. The van der Waals surface area contributed by atoms with E-state index in [1.165, 1.54) is 39.1 Å². The van der Waals surface area contributed by atoms with E-state index in [4.69, 9.17) is 4.74 Å². The highest BCUT2D eigenvalue weighted by Crippen LogP contribution is 2.46. The second-order valence-electron chi connectivity index (χ2n) is 4.96. The van der Waals surface area contributed by atoms with Crippen molar-refractivity contribution in [3.8, 4) is 5.75 Å². The minimum Gasteiger partial charge on any atom is -0.489 e. The summed E-state index contributed by atoms with van der Waals surface area (Å²) in [5.41, 5.74) is -0.227. The molecule has 0 radical (unpaired) electrons. The molecule has 1 aromatic rings. The van der Waals surface area contributed by atoms with Crippen LogP contribution in [-0.4, -0.2) is 23.1 Å². The molecule has 2 aliphatic carbocycles. The summed E-state index contributed by atoms with van der Waals surface area (Å²) < 4.78 is 5.11. The van der Waals surface area contributed by atoms with Crippen molar-refractivity contribution in [2.45, 2.75) is 31.7 Å². The maximum absolute atomic E-state index is 11.6. The molecule has 0 aliphatic heterocycles. The lowest BCUT2D eigenvalue weighted by Gasteiger charge is -2.19. The molecule has 5 nitrogen and oxygen atoms in total. The summed E-state index contributed by atoms with van der Waals surface area (Å²) in [7, 11) is 1.50. The Labute approximate surface area is 99.6 Å². The molecule has 17 heavy (non-hydrogen) atoms. The lowest BCUT2D eigenvalue weighted by molar-refractivity contribution is 0.406. The van der Waals surface area contributed by atoms with Gasteiger partial charge in [-0.25, -0.2) is 4.98 Å². The lowest BCUT2D eigenvalue weighted by atomic mass is 10.1. The predicted octanol–water partition coefficient (Wildman–Crippen LogP) is 1.38. The van der Waals surface area contributed by atoms with Gasteiger partial charge in [0.25, 0.3) is 5.56 Å². The molecule has 1 heterocycles. The molecular formula is C12H17N3O2. The third kappa shape index (κ3) is 2.14. The van der Waals surface area contributed by atoms with Crippen molar-refractivity contribution in [3.63, 3.8) is 0 Å². The molecule has 2 aliphatic rings. The zero-order valence-corrected chi connectivity index (χ0v) is 9.90. The fraction of sp³-hybridized carbons (Fsp3) is 0.667. The summed E-state index contributed by atoms with van der Waals surface area (Å²) in [4.78, 5) is 18.3. The molecule has 0 amide bonds. The Bertz CT molecular complexity index is 451. The van der Waals surface area contributed by atoms with Crippen molar-refractivity contribution in [1.29, 1.82) is 0 Å². The van der Waals surface area contributed by atoms with Crippen LogP contribution in [0.2, 0.25) is 0 Å². The van der Waals surface area contributed by atoms with Crippen molar-refractivity contribution >= 4 is 5.82 Å². The number of hydrogen-bond donors (Lipinski definition) is 2. The van der Waals surface area contributed by atoms with Gasteiger partial charge in [0.15, 0.2) is 5.82 Å². The van der Waals surface area contributed by atoms with Gasteiger partial charge in [0, 0.05) is 6.04 Å². The van der Waals surface area contributed by atoms with Crippen LogP contribution in [0.25, 0.3) is 0 Å². The Hall–Kier alpha value is -1.52. The van der Waals surface area contributed by atoms with Gasteiger partial charge in [-0.05, 0) is 37.5 Å². The van der Waals surface area contributed by atoms with Crippen molar-refractivity contribution in [3.05, 3.63) is 16.7 Å². The molecular weight excluding hydrogens is 218 g/mol. The first-order valence-corrected chi connectivity index (χ1v) is 6.18. The molecule has 2 N–H and O–H groups in total. The fourth-order valence-electron chi connectivity index (χ4n) is 2.37. The van der Waals surface area contributed by atoms with Crippen LogP contribution < -0.4 is 15.6 Å². The Morgan fingerprint density at radius 1 is 1.41 bits per heavy atom. The predicted molar refractivity (Wildman–Crippen MR) is 64.3 cm³/mol. The van der Waals surface area contributed by atoms with Crippen molar-refractivity contribution in [2.75, 3.05) is 12.4 Å². The van der Waals surface area contributed by atoms with Crippen molar-refractivity contribution < 1.29 is 4.74 Å². The molecule has 3 rings (SSSR count). The molecule has 2 saturated carbocycles. The first-order chi connectivity index (χ1) is 8.29. The molecule has 5 heteroatoms. The van der Waals surface area contributed by atoms with Gasteiger partial charge in [-0.3, -0.25) is 4.79 Å². The Morgan fingerprint density at radius 3 is 2.59 bits per heavy atom. The highest BCUT2D eigenvalue weighted by atomic mass is 16.5. The third-order valence-corrected chi connectivity index (χ3v) is 3.58. The van der Waals surface area contributed by atoms with Crippen LogP contribution >= 0.6 is 0 Å². The Balaban J connectivity index is 1.83. The van der Waals surface area contributed by atoms with E-state index in [0.29, 0.717) is 17.6 Å². The van der Waals surface area contributed by atoms with Gasteiger partial charge in [-0.2, -0.15) is 0 Å². The number of H-pyrrole nitrogens is 1. The molecule has 0 atom stereocenters. The smallest absolute Gasteiger partial charge is 0.295 e. The van der Waals surface area contributed by atoms with E-state index in [-0.39, 0.29) is 5.56 Å². The van der Waals surface area contributed by atoms with Crippen LogP contribution in [0, 0.1) is 11.8 Å². The van der Waals surface area contributed by atoms with Gasteiger partial charge >= 0.3 is 0 Å². The lowest BCUT2D eigenvalue weighted by Crippen LogP contribution is -2.26. The molecule has 1 aromatic heterocycles. The summed E-state index contributed by atoms with van der Waals surface area (Å²) in [6, 6.07) is 0.471. The summed E-state index contributed by atoms with van der Waals surface area (Å²) in [6.07, 6.45) is 6.59. The molecule has 2 fully saturated rings. The average molecular weight is 235 g/mol. The normalized spacial score (nSPS) is 19.4. The van der Waals surface area contributed by atoms with E-state index in [2.05, 4.69) is 15.3 Å². The maximum atomic E-state index is 11.6. The molecule has 0 saturated heterocycles. The number of ether oxygens (including phenoxy) is 1. The maximum Gasteiger partial charge on any atom is 0.295 e. The van der Waals surface area contributed by atoms with Crippen LogP contribution in [-0.2, 0) is 0 Å². The third-order valence-electron chi connectivity index (χ3n) is 3.58. The van der Waals surface area contributed by atoms with Crippen molar-refractivity contribution in [1.82, 2.24) is 9.97 Å². The number of rotatable bonds is 5. The summed E-state index contributed by atoms with van der Waals surface area (Å²) in [5.74, 6) is 2.39. The molecule has 0 spiro atoms. The second-order valence-corrected chi connectivity index (χ2v) is 4.96. The summed E-state index contributed by atoms with van der Waals surface area (Å²) >= 11 is 0. The number of aromatic amines is 1. The van der Waals surface area contributed by atoms with Crippen LogP contribution in [0.15, 0.2) is 11.1 Å². The van der Waals surface area contributed by atoms with Crippen LogP contribution in [0.5, 0.6) is 5.75 Å². The van der Waals surface area contributed by atoms with E-state index in [0.717, 1.165) is 11.8 Å². The molecule has 92 valence electrons. The van der Waals surface area contributed by atoms with Crippen LogP contribution in [0.3, 0.4) is 0 Å². The van der Waals surface area contributed by atoms with Crippen molar-refractivity contribution in [2.24, 2.45) is 11.8 Å². The number of methoxy groups -OCH3 is 1. The zero-order chi connectivity index (χ0) is 11.8. The number of nitrogens with zero attached hydrogens (tertiary/aromatic N) is 1. The quantitative estimate of drug-likeness (QED) is 0.809. The van der Waals surface area contributed by atoms with E-state index in [1.54, 1.807) is 0 Å². The Kier molecular flexibility index (Phi) is 2.53. The summed E-state index contributed by atoms with van der Waals surface area (Å²) in [6.45, 7) is 0. The van der Waals surface area contributed by atoms with Gasteiger partial charge in [-0.15, -0.1) is 0 Å². The molecule has 0 aromatic carbocycles. The topological polar surface area (TPSA) is 67.0 Å². The summed E-state index contributed by atoms with van der Waals surface area (Å²) in [5, 5.41) is 3.41. The van der Waals surface area contributed by atoms with E-state index in [1.807, 2.05) is 0 Å². The standard InChI is InChI=1S/C12H17N3O2/c1-17-10-11(13-6-14-12(10)16)15-9(7-2-3-7)8-4-5-8/h6-9H,2-5H2,1H3,(H2,13,14,15,16). The Morgan fingerprint density at radius 2 is 2.06 bits per heavy atom. The van der Waals surface area contributed by atoms with E-state index in [9.17, 15) is 4.79 Å². The first-order valence-electron chi connectivity index (χ1n) is 6.18. The van der Waals surface area contributed by atoms with E-state index >= 15 is 0 Å². The van der Waals surface area contributed by atoms with Crippen LogP contribution in [0.1, 0.15) is 25.7 Å². The minimum absolute atomic E-state index is 0.227. The number of aromatic nitrogens is 2. The molecule has 0 bridgehead atoms. The monoisotopic (exact) mass is 235 g/mol. The number of hydrogen-bond acceptors (Lipinski definition) is 4. The number of anilines is 1. The second kappa shape index (κ2) is 4.05. The van der Waals surface area contributed by atoms with Gasteiger partial charge in [0.1, 0.15) is 0 Å². The average Bonchev–Trinajstić information content (AvgIpc) is 3.16. The van der Waals surface area contributed by atoms with E-state index < -0.39 is 0 Å². The van der Waals surface area contributed by atoms with Gasteiger partial charge in [0.05, 0.1) is 13.4 Å².